The summed E-state index contributed by atoms with van der Waals surface area (Å²) in [4.78, 5) is 12.0. The Bertz CT molecular complexity index is 889. The van der Waals surface area contributed by atoms with Crippen molar-refractivity contribution in [2.24, 2.45) is 0 Å². The highest BCUT2D eigenvalue weighted by Gasteiger charge is 2.26. The molecule has 2 heterocycles. The largest absolute Gasteiger partial charge is 0.379 e. The predicted molar refractivity (Wildman–Crippen MR) is 85.8 cm³/mol. The van der Waals surface area contributed by atoms with Crippen molar-refractivity contribution in [2.75, 3.05) is 26.3 Å². The van der Waals surface area contributed by atoms with Crippen LogP contribution in [0.1, 0.15) is 5.56 Å². The first kappa shape index (κ1) is 16.8. The highest BCUT2D eigenvalue weighted by atomic mass is 32.2. The molecule has 0 aliphatic carbocycles. The van der Waals surface area contributed by atoms with Gasteiger partial charge in [0.25, 0.3) is 5.56 Å². The molecule has 1 fully saturated rings. The molecule has 0 N–H and O–H groups in total. The standard InChI is InChI=1S/C16H17FN2O4S/c17-14-3-1-2-13(10-14)11-18-12-15(4-5-16(18)20)24(21,22)19-6-8-23-9-7-19/h1-5,10,12H,6-9,11H2. The second-order valence-corrected chi connectivity index (χ2v) is 7.42. The number of nitrogens with zero attached hydrogens (tertiary/aromatic N) is 2. The number of pyridine rings is 1. The van der Waals surface area contributed by atoms with Crippen molar-refractivity contribution in [3.63, 3.8) is 0 Å². The molecule has 0 amide bonds. The maximum atomic E-state index is 13.3. The minimum atomic E-state index is -3.68. The van der Waals surface area contributed by atoms with Crippen molar-refractivity contribution >= 4 is 10.0 Å². The molecule has 0 unspecified atom stereocenters. The Morgan fingerprint density at radius 2 is 1.88 bits per heavy atom. The van der Waals surface area contributed by atoms with Crippen LogP contribution in [0.25, 0.3) is 0 Å². The fourth-order valence-electron chi connectivity index (χ4n) is 2.55. The summed E-state index contributed by atoms with van der Waals surface area (Å²) in [6.07, 6.45) is 1.30. The smallest absolute Gasteiger partial charge is 0.250 e. The number of hydrogen-bond donors (Lipinski definition) is 0. The van der Waals surface area contributed by atoms with Crippen LogP contribution in [0, 0.1) is 5.82 Å². The van der Waals surface area contributed by atoms with E-state index in [1.54, 1.807) is 12.1 Å². The maximum absolute atomic E-state index is 13.3. The van der Waals surface area contributed by atoms with Gasteiger partial charge in [0.05, 0.1) is 24.7 Å². The molecule has 3 rings (SSSR count). The van der Waals surface area contributed by atoms with Crippen LogP contribution in [0.15, 0.2) is 52.3 Å². The molecule has 24 heavy (non-hydrogen) atoms. The van der Waals surface area contributed by atoms with E-state index in [1.807, 2.05) is 0 Å². The van der Waals surface area contributed by atoms with Gasteiger partial charge in [0.15, 0.2) is 0 Å². The monoisotopic (exact) mass is 352 g/mol. The van der Waals surface area contributed by atoms with Gasteiger partial charge in [-0.3, -0.25) is 4.79 Å². The molecule has 0 saturated carbocycles. The molecule has 1 saturated heterocycles. The van der Waals surface area contributed by atoms with E-state index >= 15 is 0 Å². The number of halogens is 1. The number of aromatic nitrogens is 1. The zero-order chi connectivity index (χ0) is 17.2. The summed E-state index contributed by atoms with van der Waals surface area (Å²) < 4.78 is 46.4. The molecule has 128 valence electrons. The summed E-state index contributed by atoms with van der Waals surface area (Å²) in [5, 5.41) is 0. The van der Waals surface area contributed by atoms with Crippen molar-refractivity contribution in [3.05, 3.63) is 64.3 Å². The van der Waals surface area contributed by atoms with Gasteiger partial charge >= 0.3 is 0 Å². The fraction of sp³-hybridized carbons (Fsp3) is 0.312. The molecule has 1 aliphatic heterocycles. The fourth-order valence-corrected chi connectivity index (χ4v) is 3.98. The Hall–Kier alpha value is -2.03. The molecule has 0 spiro atoms. The lowest BCUT2D eigenvalue weighted by Gasteiger charge is -2.26. The second kappa shape index (κ2) is 6.84. The van der Waals surface area contributed by atoms with Gasteiger partial charge in [-0.25, -0.2) is 12.8 Å². The van der Waals surface area contributed by atoms with Gasteiger partial charge in [-0.2, -0.15) is 4.31 Å². The lowest BCUT2D eigenvalue weighted by Crippen LogP contribution is -2.41. The van der Waals surface area contributed by atoms with E-state index in [1.165, 1.54) is 39.3 Å². The summed E-state index contributed by atoms with van der Waals surface area (Å²) in [6.45, 7) is 1.37. The van der Waals surface area contributed by atoms with E-state index in [0.29, 0.717) is 18.8 Å². The molecule has 1 aromatic carbocycles. The van der Waals surface area contributed by atoms with E-state index in [9.17, 15) is 17.6 Å². The summed E-state index contributed by atoms with van der Waals surface area (Å²) >= 11 is 0. The molecular weight excluding hydrogens is 335 g/mol. The Kier molecular flexibility index (Phi) is 4.79. The number of benzene rings is 1. The normalized spacial score (nSPS) is 16.2. The molecule has 0 radical (unpaired) electrons. The summed E-state index contributed by atoms with van der Waals surface area (Å²) in [5.41, 5.74) is 0.234. The minimum Gasteiger partial charge on any atom is -0.379 e. The average molecular weight is 352 g/mol. The Morgan fingerprint density at radius 3 is 2.58 bits per heavy atom. The number of morpholine rings is 1. The lowest BCUT2D eigenvalue weighted by molar-refractivity contribution is 0.0730. The van der Waals surface area contributed by atoms with E-state index in [2.05, 4.69) is 0 Å². The van der Waals surface area contributed by atoms with E-state index < -0.39 is 15.8 Å². The van der Waals surface area contributed by atoms with Gasteiger partial charge in [-0.05, 0) is 23.8 Å². The lowest BCUT2D eigenvalue weighted by atomic mass is 10.2. The maximum Gasteiger partial charge on any atom is 0.250 e. The molecule has 0 bridgehead atoms. The van der Waals surface area contributed by atoms with Crippen LogP contribution in [0.5, 0.6) is 0 Å². The van der Waals surface area contributed by atoms with Crippen LogP contribution in [-0.4, -0.2) is 43.6 Å². The van der Waals surface area contributed by atoms with E-state index in [-0.39, 0.29) is 30.1 Å². The van der Waals surface area contributed by atoms with Gasteiger partial charge in [0.1, 0.15) is 5.82 Å². The van der Waals surface area contributed by atoms with Crippen LogP contribution >= 0.6 is 0 Å². The van der Waals surface area contributed by atoms with Crippen molar-refractivity contribution in [1.29, 1.82) is 0 Å². The number of sulfonamides is 1. The van der Waals surface area contributed by atoms with Crippen LogP contribution in [-0.2, 0) is 21.3 Å². The Balaban J connectivity index is 1.92. The third kappa shape index (κ3) is 3.55. The second-order valence-electron chi connectivity index (χ2n) is 5.48. The molecule has 8 heteroatoms. The molecule has 1 aromatic heterocycles. The van der Waals surface area contributed by atoms with Crippen molar-refractivity contribution < 1.29 is 17.5 Å². The minimum absolute atomic E-state index is 0.0420. The Labute approximate surface area is 139 Å². The van der Waals surface area contributed by atoms with Crippen LogP contribution in [0.3, 0.4) is 0 Å². The van der Waals surface area contributed by atoms with Crippen molar-refractivity contribution in [3.8, 4) is 0 Å². The Morgan fingerprint density at radius 1 is 1.12 bits per heavy atom. The number of rotatable bonds is 4. The topological polar surface area (TPSA) is 68.6 Å². The molecule has 0 atom stereocenters. The van der Waals surface area contributed by atoms with Gasteiger partial charge in [0, 0.05) is 25.4 Å². The first-order valence-corrected chi connectivity index (χ1v) is 8.94. The third-order valence-corrected chi connectivity index (χ3v) is 5.69. The highest BCUT2D eigenvalue weighted by Crippen LogP contribution is 2.16. The van der Waals surface area contributed by atoms with Gasteiger partial charge < -0.3 is 9.30 Å². The summed E-state index contributed by atoms with van der Waals surface area (Å²) in [7, 11) is -3.68. The zero-order valence-corrected chi connectivity index (χ0v) is 13.7. The summed E-state index contributed by atoms with van der Waals surface area (Å²) in [6, 6.07) is 8.37. The van der Waals surface area contributed by atoms with Crippen LogP contribution < -0.4 is 5.56 Å². The van der Waals surface area contributed by atoms with Crippen molar-refractivity contribution in [1.82, 2.24) is 8.87 Å². The predicted octanol–water partition coefficient (Wildman–Crippen LogP) is 1.06. The number of hydrogen-bond acceptors (Lipinski definition) is 4. The SMILES string of the molecule is O=c1ccc(S(=O)(=O)N2CCOCC2)cn1Cc1cccc(F)c1. The van der Waals surface area contributed by atoms with Gasteiger partial charge in [0.2, 0.25) is 10.0 Å². The first-order chi connectivity index (χ1) is 11.5. The highest BCUT2D eigenvalue weighted by molar-refractivity contribution is 7.89. The average Bonchev–Trinajstić information content (AvgIpc) is 2.57. The third-order valence-electron chi connectivity index (χ3n) is 3.81. The molecule has 2 aromatic rings. The number of ether oxygens (including phenoxy) is 1. The van der Waals surface area contributed by atoms with Gasteiger partial charge in [-0.1, -0.05) is 12.1 Å². The van der Waals surface area contributed by atoms with Crippen molar-refractivity contribution in [2.45, 2.75) is 11.4 Å². The van der Waals surface area contributed by atoms with E-state index in [0.717, 1.165) is 0 Å². The molecular formula is C16H17FN2O4S. The van der Waals surface area contributed by atoms with Crippen LogP contribution in [0.2, 0.25) is 0 Å². The molecule has 1 aliphatic rings. The first-order valence-electron chi connectivity index (χ1n) is 7.50. The summed E-state index contributed by atoms with van der Waals surface area (Å²) in [5.74, 6) is -0.405. The van der Waals surface area contributed by atoms with E-state index in [4.69, 9.17) is 4.74 Å². The van der Waals surface area contributed by atoms with Crippen LogP contribution in [0.4, 0.5) is 4.39 Å². The quantitative estimate of drug-likeness (QED) is 0.825. The van der Waals surface area contributed by atoms with Gasteiger partial charge in [-0.15, -0.1) is 0 Å². The molecule has 6 nitrogen and oxygen atoms in total. The zero-order valence-electron chi connectivity index (χ0n) is 12.9.